The molecule has 0 saturated carbocycles. The van der Waals surface area contributed by atoms with E-state index in [-0.39, 0.29) is 17.7 Å². The topological polar surface area (TPSA) is 71.4 Å². The second kappa shape index (κ2) is 8.52. The van der Waals surface area contributed by atoms with Crippen molar-refractivity contribution in [3.63, 3.8) is 0 Å². The average Bonchev–Trinajstić information content (AvgIpc) is 3.24. The van der Waals surface area contributed by atoms with Gasteiger partial charge >= 0.3 is 0 Å². The molecule has 1 N–H and O–H groups in total. The molecule has 0 unspecified atom stereocenters. The molecule has 3 aromatic carbocycles. The van der Waals surface area contributed by atoms with Crippen molar-refractivity contribution in [3.8, 4) is 17.2 Å². The number of hydrazone groups is 1. The highest BCUT2D eigenvalue weighted by Crippen LogP contribution is 2.37. The predicted octanol–water partition coefficient (Wildman–Crippen LogP) is 4.71. The van der Waals surface area contributed by atoms with Gasteiger partial charge in [0.05, 0.1) is 26.0 Å². The quantitative estimate of drug-likeness (QED) is 0.654. The molecular formula is C25H24N2O4. The second-order valence-electron chi connectivity index (χ2n) is 7.44. The van der Waals surface area contributed by atoms with Crippen molar-refractivity contribution in [3.05, 3.63) is 89.0 Å². The molecule has 158 valence electrons. The lowest BCUT2D eigenvalue weighted by Crippen LogP contribution is -2.27. The standard InChI is InChI=1S/C25H24N2O4/c1-16-4-6-18(7-5-16)25(29)27-23(17-8-10-19(30-2)11-9-17)15-22(26-27)21-13-12-20(31-3)14-24(21)28/h4-14,23,28H,15H2,1-3H3/t23-/m1/s1. The van der Waals surface area contributed by atoms with Crippen molar-refractivity contribution in [1.29, 1.82) is 0 Å². The number of hydrogen-bond acceptors (Lipinski definition) is 5. The number of ether oxygens (including phenoxy) is 2. The molecule has 0 fully saturated rings. The molecule has 1 atom stereocenters. The molecule has 0 saturated heterocycles. The summed E-state index contributed by atoms with van der Waals surface area (Å²) in [6.07, 6.45) is 0.476. The van der Waals surface area contributed by atoms with Crippen LogP contribution in [-0.2, 0) is 0 Å². The number of aryl methyl sites for hydroxylation is 1. The number of carbonyl (C=O) groups excluding carboxylic acids is 1. The second-order valence-corrected chi connectivity index (χ2v) is 7.44. The largest absolute Gasteiger partial charge is 0.507 e. The van der Waals surface area contributed by atoms with Crippen LogP contribution in [-0.4, -0.2) is 36.0 Å². The Morgan fingerprint density at radius 3 is 2.23 bits per heavy atom. The van der Waals surface area contributed by atoms with Gasteiger partial charge in [0.1, 0.15) is 17.2 Å². The summed E-state index contributed by atoms with van der Waals surface area (Å²) in [4.78, 5) is 13.3. The van der Waals surface area contributed by atoms with Crippen molar-refractivity contribution in [2.75, 3.05) is 14.2 Å². The van der Waals surface area contributed by atoms with Crippen LogP contribution in [0, 0.1) is 6.92 Å². The van der Waals surface area contributed by atoms with Crippen LogP contribution in [0.5, 0.6) is 17.2 Å². The number of rotatable bonds is 5. The molecule has 6 heteroatoms. The van der Waals surface area contributed by atoms with Crippen molar-refractivity contribution in [2.24, 2.45) is 5.10 Å². The zero-order valence-electron chi connectivity index (χ0n) is 17.7. The maximum Gasteiger partial charge on any atom is 0.274 e. The van der Waals surface area contributed by atoms with E-state index in [0.717, 1.165) is 16.9 Å². The van der Waals surface area contributed by atoms with Gasteiger partial charge in [0.15, 0.2) is 0 Å². The van der Waals surface area contributed by atoms with Gasteiger partial charge in [-0.1, -0.05) is 29.8 Å². The molecular weight excluding hydrogens is 392 g/mol. The van der Waals surface area contributed by atoms with Crippen molar-refractivity contribution in [2.45, 2.75) is 19.4 Å². The summed E-state index contributed by atoms with van der Waals surface area (Å²) < 4.78 is 10.4. The first kappa shape index (κ1) is 20.5. The van der Waals surface area contributed by atoms with Gasteiger partial charge < -0.3 is 14.6 Å². The first-order valence-corrected chi connectivity index (χ1v) is 9.99. The summed E-state index contributed by atoms with van der Waals surface area (Å²) in [7, 11) is 3.16. The Hall–Kier alpha value is -3.80. The van der Waals surface area contributed by atoms with E-state index < -0.39 is 0 Å². The van der Waals surface area contributed by atoms with Crippen LogP contribution in [0.2, 0.25) is 0 Å². The summed E-state index contributed by atoms with van der Waals surface area (Å²) in [6.45, 7) is 1.98. The van der Waals surface area contributed by atoms with E-state index in [9.17, 15) is 9.90 Å². The van der Waals surface area contributed by atoms with Gasteiger partial charge in [-0.25, -0.2) is 5.01 Å². The zero-order chi connectivity index (χ0) is 22.0. The van der Waals surface area contributed by atoms with E-state index in [1.807, 2.05) is 43.3 Å². The highest BCUT2D eigenvalue weighted by Gasteiger charge is 2.34. The number of hydrogen-bond donors (Lipinski definition) is 1. The van der Waals surface area contributed by atoms with Gasteiger partial charge in [-0.05, 0) is 48.9 Å². The fourth-order valence-corrected chi connectivity index (χ4v) is 3.66. The maximum absolute atomic E-state index is 13.3. The Balaban J connectivity index is 1.73. The summed E-state index contributed by atoms with van der Waals surface area (Å²) in [5.41, 5.74) is 3.80. The molecule has 3 aromatic rings. The van der Waals surface area contributed by atoms with Gasteiger partial charge in [-0.3, -0.25) is 4.79 Å². The van der Waals surface area contributed by atoms with E-state index >= 15 is 0 Å². The van der Waals surface area contributed by atoms with Gasteiger partial charge in [-0.2, -0.15) is 5.10 Å². The average molecular weight is 416 g/mol. The maximum atomic E-state index is 13.3. The Labute approximate surface area is 181 Å². The third-order valence-corrected chi connectivity index (χ3v) is 5.43. The van der Waals surface area contributed by atoms with E-state index in [1.165, 1.54) is 5.01 Å². The lowest BCUT2D eigenvalue weighted by atomic mass is 9.97. The molecule has 0 radical (unpaired) electrons. The summed E-state index contributed by atoms with van der Waals surface area (Å²) in [5, 5.41) is 16.6. The van der Waals surface area contributed by atoms with Crippen molar-refractivity contribution >= 4 is 11.6 Å². The van der Waals surface area contributed by atoms with Crippen LogP contribution in [0.15, 0.2) is 71.8 Å². The van der Waals surface area contributed by atoms with Crippen molar-refractivity contribution < 1.29 is 19.4 Å². The fraction of sp³-hybridized carbons (Fsp3) is 0.200. The molecule has 1 aliphatic rings. The number of methoxy groups -OCH3 is 2. The SMILES string of the molecule is COc1ccc([C@H]2CC(c3ccc(OC)cc3O)=NN2C(=O)c2ccc(C)cc2)cc1. The van der Waals surface area contributed by atoms with Crippen molar-refractivity contribution in [1.82, 2.24) is 5.01 Å². The minimum atomic E-state index is -0.295. The number of carbonyl (C=O) groups is 1. The van der Waals surface area contributed by atoms with Gasteiger partial charge in [0.25, 0.3) is 5.91 Å². The summed E-state index contributed by atoms with van der Waals surface area (Å²) in [6, 6.07) is 19.8. The third kappa shape index (κ3) is 4.10. The molecule has 0 spiro atoms. The lowest BCUT2D eigenvalue weighted by molar-refractivity contribution is 0.0711. The van der Waals surface area contributed by atoms with Crippen LogP contribution in [0.1, 0.15) is 39.5 Å². The smallest absolute Gasteiger partial charge is 0.274 e. The molecule has 0 aliphatic carbocycles. The van der Waals surface area contributed by atoms with E-state index in [4.69, 9.17) is 9.47 Å². The third-order valence-electron chi connectivity index (χ3n) is 5.43. The first-order chi connectivity index (χ1) is 15.0. The molecule has 1 aliphatic heterocycles. The Morgan fingerprint density at radius 2 is 1.61 bits per heavy atom. The van der Waals surface area contributed by atoms with Crippen LogP contribution in [0.4, 0.5) is 0 Å². The normalized spacial score (nSPS) is 15.5. The number of amides is 1. The Bertz CT molecular complexity index is 1120. The molecule has 6 nitrogen and oxygen atoms in total. The van der Waals surface area contributed by atoms with Gasteiger partial charge in [-0.15, -0.1) is 0 Å². The highest BCUT2D eigenvalue weighted by atomic mass is 16.5. The first-order valence-electron chi connectivity index (χ1n) is 9.99. The molecule has 4 rings (SSSR count). The van der Waals surface area contributed by atoms with Crippen LogP contribution >= 0.6 is 0 Å². The molecule has 1 amide bonds. The van der Waals surface area contributed by atoms with E-state index in [1.54, 1.807) is 44.6 Å². The predicted molar refractivity (Wildman–Crippen MR) is 119 cm³/mol. The number of benzene rings is 3. The monoisotopic (exact) mass is 416 g/mol. The molecule has 0 bridgehead atoms. The molecule has 31 heavy (non-hydrogen) atoms. The van der Waals surface area contributed by atoms with Crippen LogP contribution in [0.25, 0.3) is 0 Å². The summed E-state index contributed by atoms with van der Waals surface area (Å²) in [5.74, 6) is 1.17. The van der Waals surface area contributed by atoms with Gasteiger partial charge in [0, 0.05) is 23.6 Å². The van der Waals surface area contributed by atoms with Gasteiger partial charge in [0.2, 0.25) is 0 Å². The number of aromatic hydroxyl groups is 1. The summed E-state index contributed by atoms with van der Waals surface area (Å²) >= 11 is 0. The zero-order valence-corrected chi connectivity index (χ0v) is 17.7. The minimum Gasteiger partial charge on any atom is -0.507 e. The van der Waals surface area contributed by atoms with E-state index in [0.29, 0.717) is 29.0 Å². The Morgan fingerprint density at radius 1 is 0.968 bits per heavy atom. The minimum absolute atomic E-state index is 0.0659. The van der Waals surface area contributed by atoms with E-state index in [2.05, 4.69) is 5.10 Å². The lowest BCUT2D eigenvalue weighted by Gasteiger charge is -2.22. The fourth-order valence-electron chi connectivity index (χ4n) is 3.66. The molecule has 1 heterocycles. The number of nitrogens with zero attached hydrogens (tertiary/aromatic N) is 2. The van der Waals surface area contributed by atoms with Crippen LogP contribution in [0.3, 0.4) is 0 Å². The Kier molecular flexibility index (Phi) is 5.62. The highest BCUT2D eigenvalue weighted by molar-refractivity contribution is 6.06. The molecule has 0 aromatic heterocycles. The number of phenolic OH excluding ortho intramolecular Hbond substituents is 1. The van der Waals surface area contributed by atoms with Crippen LogP contribution < -0.4 is 9.47 Å². The number of phenols is 1.